The summed E-state index contributed by atoms with van der Waals surface area (Å²) in [6, 6.07) is 7.68. The van der Waals surface area contributed by atoms with E-state index in [1.54, 1.807) is 20.2 Å². The van der Waals surface area contributed by atoms with Crippen LogP contribution in [0.4, 0.5) is 0 Å². The largest absolute Gasteiger partial charge is 0.496 e. The summed E-state index contributed by atoms with van der Waals surface area (Å²) >= 11 is 0. The fourth-order valence-corrected chi connectivity index (χ4v) is 1.69. The van der Waals surface area contributed by atoms with Crippen LogP contribution in [0.3, 0.4) is 0 Å². The molecule has 0 radical (unpaired) electrons. The van der Waals surface area contributed by atoms with E-state index in [2.05, 4.69) is 9.97 Å². The highest BCUT2D eigenvalue weighted by Gasteiger charge is 2.08. The van der Waals surface area contributed by atoms with E-state index in [1.807, 2.05) is 24.3 Å². The Labute approximate surface area is 99.7 Å². The average Bonchev–Trinajstić information content (AvgIpc) is 2.76. The normalized spacial score (nSPS) is 10.2. The molecule has 0 unspecified atom stereocenters. The number of hydrogen-bond acceptors (Lipinski definition) is 3. The Hall–Kier alpha value is -2.10. The molecule has 0 spiro atoms. The van der Waals surface area contributed by atoms with Gasteiger partial charge < -0.3 is 9.72 Å². The molecule has 2 aromatic rings. The van der Waals surface area contributed by atoms with Gasteiger partial charge in [-0.25, -0.2) is 4.98 Å². The number of rotatable bonds is 4. The fourth-order valence-electron chi connectivity index (χ4n) is 1.69. The third-order valence-corrected chi connectivity index (χ3v) is 2.44. The summed E-state index contributed by atoms with van der Waals surface area (Å²) in [7, 11) is 1.63. The van der Waals surface area contributed by atoms with Gasteiger partial charge in [0.15, 0.2) is 0 Å². The lowest BCUT2D eigenvalue weighted by atomic mass is 10.1. The number of Topliss-reactive ketones (excluding diaryl/α,β-unsaturated/α-hetero) is 1. The van der Waals surface area contributed by atoms with Crippen molar-refractivity contribution < 1.29 is 9.53 Å². The monoisotopic (exact) mass is 230 g/mol. The lowest BCUT2D eigenvalue weighted by molar-refractivity contribution is -0.116. The van der Waals surface area contributed by atoms with Crippen molar-refractivity contribution in [1.82, 2.24) is 9.97 Å². The molecule has 0 saturated carbocycles. The van der Waals surface area contributed by atoms with Gasteiger partial charge in [0, 0.05) is 5.56 Å². The molecule has 4 heteroatoms. The smallest absolute Gasteiger partial charge is 0.137 e. The van der Waals surface area contributed by atoms with Crippen LogP contribution in [0, 0.1) is 0 Å². The number of imidazole rings is 1. The molecule has 0 saturated heterocycles. The maximum atomic E-state index is 11.0. The van der Waals surface area contributed by atoms with E-state index < -0.39 is 0 Å². The van der Waals surface area contributed by atoms with Gasteiger partial charge in [-0.3, -0.25) is 4.79 Å². The van der Waals surface area contributed by atoms with E-state index in [0.717, 1.165) is 17.0 Å². The minimum absolute atomic E-state index is 0.0888. The van der Waals surface area contributed by atoms with Crippen molar-refractivity contribution in [2.24, 2.45) is 0 Å². The highest BCUT2D eigenvalue weighted by molar-refractivity contribution is 5.77. The standard InChI is InChI=1S/C13H14N2O2/c1-9(16)7-13-14-8-11(15-13)10-5-3-4-6-12(10)17-2/h3-6,8H,7H2,1-2H3,(H,14,15). The number of para-hydroxylation sites is 1. The van der Waals surface area contributed by atoms with E-state index in [1.165, 1.54) is 0 Å². The maximum absolute atomic E-state index is 11.0. The zero-order valence-corrected chi connectivity index (χ0v) is 9.86. The number of aromatic amines is 1. The van der Waals surface area contributed by atoms with E-state index in [0.29, 0.717) is 12.2 Å². The molecule has 0 amide bonds. The number of aromatic nitrogens is 2. The molecule has 0 fully saturated rings. The summed E-state index contributed by atoms with van der Waals surface area (Å²) in [6.07, 6.45) is 2.05. The van der Waals surface area contributed by atoms with Crippen LogP contribution in [0.2, 0.25) is 0 Å². The van der Waals surface area contributed by atoms with Gasteiger partial charge >= 0.3 is 0 Å². The van der Waals surface area contributed by atoms with Crippen LogP contribution >= 0.6 is 0 Å². The molecule has 1 aromatic heterocycles. The number of carbonyl (C=O) groups excluding carboxylic acids is 1. The van der Waals surface area contributed by atoms with Crippen molar-refractivity contribution >= 4 is 5.78 Å². The number of carbonyl (C=O) groups is 1. The van der Waals surface area contributed by atoms with Crippen molar-refractivity contribution in [3.8, 4) is 17.0 Å². The summed E-state index contributed by atoms with van der Waals surface area (Å²) in [6.45, 7) is 1.55. The fraction of sp³-hybridized carbons (Fsp3) is 0.231. The molecule has 1 N–H and O–H groups in total. The molecule has 0 aliphatic carbocycles. The molecule has 0 aliphatic rings. The number of ketones is 1. The summed E-state index contributed by atoms with van der Waals surface area (Å²) < 4.78 is 5.28. The van der Waals surface area contributed by atoms with E-state index in [-0.39, 0.29) is 5.78 Å². The first-order valence-electron chi connectivity index (χ1n) is 5.37. The number of methoxy groups -OCH3 is 1. The van der Waals surface area contributed by atoms with Gasteiger partial charge in [0.25, 0.3) is 0 Å². The maximum Gasteiger partial charge on any atom is 0.137 e. The van der Waals surface area contributed by atoms with Crippen molar-refractivity contribution in [3.63, 3.8) is 0 Å². The summed E-state index contributed by atoms with van der Waals surface area (Å²) in [4.78, 5) is 18.3. The zero-order valence-electron chi connectivity index (χ0n) is 9.86. The Morgan fingerprint density at radius 3 is 2.88 bits per heavy atom. The molecule has 0 aliphatic heterocycles. The van der Waals surface area contributed by atoms with Gasteiger partial charge in [-0.1, -0.05) is 12.1 Å². The Morgan fingerprint density at radius 2 is 2.18 bits per heavy atom. The number of H-pyrrole nitrogens is 1. The van der Waals surface area contributed by atoms with Crippen molar-refractivity contribution in [2.45, 2.75) is 13.3 Å². The van der Waals surface area contributed by atoms with Crippen LogP contribution in [0.5, 0.6) is 5.75 Å². The molecule has 0 atom stereocenters. The summed E-state index contributed by atoms with van der Waals surface area (Å²) in [5.41, 5.74) is 1.80. The minimum atomic E-state index is 0.0888. The lowest BCUT2D eigenvalue weighted by Crippen LogP contribution is -1.98. The van der Waals surface area contributed by atoms with Crippen LogP contribution in [-0.2, 0) is 11.2 Å². The first-order chi connectivity index (χ1) is 8.20. The van der Waals surface area contributed by atoms with Gasteiger partial charge in [-0.15, -0.1) is 0 Å². The Balaban J connectivity index is 2.33. The Morgan fingerprint density at radius 1 is 1.41 bits per heavy atom. The topological polar surface area (TPSA) is 55.0 Å². The van der Waals surface area contributed by atoms with Crippen molar-refractivity contribution in [3.05, 3.63) is 36.3 Å². The molecule has 88 valence electrons. The number of nitrogens with zero attached hydrogens (tertiary/aromatic N) is 1. The molecule has 4 nitrogen and oxygen atoms in total. The SMILES string of the molecule is COc1ccccc1-c1cnc(CC(C)=O)[nH]1. The highest BCUT2D eigenvalue weighted by atomic mass is 16.5. The number of ether oxygens (including phenoxy) is 1. The molecule has 2 rings (SSSR count). The number of nitrogens with one attached hydrogen (secondary N) is 1. The van der Waals surface area contributed by atoms with E-state index >= 15 is 0 Å². The quantitative estimate of drug-likeness (QED) is 0.876. The highest BCUT2D eigenvalue weighted by Crippen LogP contribution is 2.27. The molecule has 1 heterocycles. The van der Waals surface area contributed by atoms with Gasteiger partial charge in [-0.2, -0.15) is 0 Å². The van der Waals surface area contributed by atoms with Crippen LogP contribution in [0.25, 0.3) is 11.3 Å². The minimum Gasteiger partial charge on any atom is -0.496 e. The third-order valence-electron chi connectivity index (χ3n) is 2.44. The lowest BCUT2D eigenvalue weighted by Gasteiger charge is -2.05. The molecular weight excluding hydrogens is 216 g/mol. The van der Waals surface area contributed by atoms with Crippen LogP contribution in [0.1, 0.15) is 12.7 Å². The molecule has 17 heavy (non-hydrogen) atoms. The third kappa shape index (κ3) is 2.53. The second-order valence-corrected chi connectivity index (χ2v) is 3.82. The second-order valence-electron chi connectivity index (χ2n) is 3.82. The first-order valence-corrected chi connectivity index (χ1v) is 5.37. The predicted molar refractivity (Wildman–Crippen MR) is 65.0 cm³/mol. The molecule has 0 bridgehead atoms. The van der Waals surface area contributed by atoms with Gasteiger partial charge in [0.2, 0.25) is 0 Å². The van der Waals surface area contributed by atoms with Crippen LogP contribution < -0.4 is 4.74 Å². The van der Waals surface area contributed by atoms with E-state index in [4.69, 9.17) is 4.74 Å². The van der Waals surface area contributed by atoms with Gasteiger partial charge in [0.05, 0.1) is 25.4 Å². The summed E-state index contributed by atoms with van der Waals surface area (Å²) in [5.74, 6) is 1.55. The Bertz CT molecular complexity index is 532. The van der Waals surface area contributed by atoms with Gasteiger partial charge in [0.1, 0.15) is 17.4 Å². The van der Waals surface area contributed by atoms with Crippen LogP contribution in [-0.4, -0.2) is 22.9 Å². The second kappa shape index (κ2) is 4.82. The Kier molecular flexibility index (Phi) is 3.23. The van der Waals surface area contributed by atoms with E-state index in [9.17, 15) is 4.79 Å². The van der Waals surface area contributed by atoms with Crippen molar-refractivity contribution in [1.29, 1.82) is 0 Å². The number of benzene rings is 1. The number of hydrogen-bond donors (Lipinski definition) is 1. The summed E-state index contributed by atoms with van der Waals surface area (Å²) in [5, 5.41) is 0. The first kappa shape index (κ1) is 11.4. The zero-order chi connectivity index (χ0) is 12.3. The molecular formula is C13H14N2O2. The van der Waals surface area contributed by atoms with Crippen molar-refractivity contribution in [2.75, 3.05) is 7.11 Å². The van der Waals surface area contributed by atoms with Crippen LogP contribution in [0.15, 0.2) is 30.5 Å². The van der Waals surface area contributed by atoms with Gasteiger partial charge in [-0.05, 0) is 19.1 Å². The molecule has 1 aromatic carbocycles. The predicted octanol–water partition coefficient (Wildman–Crippen LogP) is 2.22. The average molecular weight is 230 g/mol.